The quantitative estimate of drug-likeness (QED) is 0.920. The molecular formula is C19H27N3. The molecule has 1 aliphatic carbocycles. The van der Waals surface area contributed by atoms with Crippen molar-refractivity contribution in [2.75, 3.05) is 32.7 Å². The summed E-state index contributed by atoms with van der Waals surface area (Å²) >= 11 is 0. The van der Waals surface area contributed by atoms with Crippen molar-refractivity contribution in [2.24, 2.45) is 0 Å². The maximum Gasteiger partial charge on any atom is 0.0356 e. The van der Waals surface area contributed by atoms with E-state index in [1.54, 1.807) is 11.1 Å². The molecular weight excluding hydrogens is 270 g/mol. The maximum absolute atomic E-state index is 3.40. The molecule has 5 rings (SSSR count). The van der Waals surface area contributed by atoms with Gasteiger partial charge in [0.25, 0.3) is 0 Å². The first-order valence-corrected chi connectivity index (χ1v) is 9.19. The van der Waals surface area contributed by atoms with Crippen molar-refractivity contribution in [3.8, 4) is 0 Å². The topological polar surface area (TPSA) is 18.5 Å². The zero-order valence-electron chi connectivity index (χ0n) is 13.4. The molecule has 0 spiro atoms. The Morgan fingerprint density at radius 3 is 2.36 bits per heavy atom. The molecule has 1 saturated carbocycles. The van der Waals surface area contributed by atoms with Crippen LogP contribution < -0.4 is 5.32 Å². The van der Waals surface area contributed by atoms with E-state index in [0.717, 1.165) is 18.0 Å². The van der Waals surface area contributed by atoms with E-state index < -0.39 is 0 Å². The van der Waals surface area contributed by atoms with Crippen LogP contribution in [-0.2, 0) is 0 Å². The van der Waals surface area contributed by atoms with Crippen molar-refractivity contribution in [3.05, 3.63) is 35.4 Å². The largest absolute Gasteiger partial charge is 0.314 e. The van der Waals surface area contributed by atoms with Gasteiger partial charge >= 0.3 is 0 Å². The molecule has 3 heteroatoms. The van der Waals surface area contributed by atoms with Crippen LogP contribution in [0, 0.1) is 0 Å². The van der Waals surface area contributed by atoms with Gasteiger partial charge in [-0.05, 0) is 49.3 Å². The molecule has 1 N–H and O–H groups in total. The molecule has 1 unspecified atom stereocenters. The second kappa shape index (κ2) is 5.33. The lowest BCUT2D eigenvalue weighted by atomic mass is 9.93. The number of hydrogen-bond acceptors (Lipinski definition) is 3. The van der Waals surface area contributed by atoms with Crippen LogP contribution in [0.15, 0.2) is 24.3 Å². The Morgan fingerprint density at radius 1 is 0.909 bits per heavy atom. The van der Waals surface area contributed by atoms with Crippen molar-refractivity contribution >= 4 is 0 Å². The van der Waals surface area contributed by atoms with Crippen molar-refractivity contribution in [1.29, 1.82) is 0 Å². The third kappa shape index (κ3) is 2.22. The second-order valence-corrected chi connectivity index (χ2v) is 7.72. The average molecular weight is 297 g/mol. The maximum atomic E-state index is 3.40. The van der Waals surface area contributed by atoms with E-state index in [1.807, 2.05) is 0 Å². The summed E-state index contributed by atoms with van der Waals surface area (Å²) in [6, 6.07) is 11.6. The fraction of sp³-hybridized carbons (Fsp3) is 0.684. The number of hydrogen-bond donors (Lipinski definition) is 1. The summed E-state index contributed by atoms with van der Waals surface area (Å²) in [5, 5.41) is 3.40. The van der Waals surface area contributed by atoms with Gasteiger partial charge in [0.2, 0.25) is 0 Å². The van der Waals surface area contributed by atoms with Crippen LogP contribution in [0.3, 0.4) is 0 Å². The van der Waals surface area contributed by atoms with Gasteiger partial charge in [-0.15, -0.1) is 0 Å². The van der Waals surface area contributed by atoms with Gasteiger partial charge in [0, 0.05) is 44.3 Å². The molecule has 1 aromatic rings. The van der Waals surface area contributed by atoms with Gasteiger partial charge in [-0.3, -0.25) is 9.80 Å². The Kier molecular flexibility index (Phi) is 3.28. The summed E-state index contributed by atoms with van der Waals surface area (Å²) in [4.78, 5) is 5.52. The standard InChI is InChI=1S/C19H27N3/c1-2-5-18(17(4-1)14-7-8-14)19-6-3-9-22(19)16-12-21(13-16)15-10-20-11-15/h1-2,4-5,14-16,19-20H,3,6-13H2. The van der Waals surface area contributed by atoms with Crippen LogP contribution >= 0.6 is 0 Å². The highest BCUT2D eigenvalue weighted by Gasteiger charge is 2.42. The lowest BCUT2D eigenvalue weighted by molar-refractivity contribution is -0.0158. The SMILES string of the molecule is c1ccc(C2CCCN2C2CN(C3CNC3)C2)c(C2CC2)c1. The van der Waals surface area contributed by atoms with Crippen LogP contribution in [0.1, 0.15) is 48.8 Å². The van der Waals surface area contributed by atoms with Crippen molar-refractivity contribution in [3.63, 3.8) is 0 Å². The zero-order valence-corrected chi connectivity index (χ0v) is 13.4. The fourth-order valence-electron chi connectivity index (χ4n) is 4.67. The average Bonchev–Trinajstić information content (AvgIpc) is 3.19. The molecule has 3 saturated heterocycles. The number of nitrogens with one attached hydrogen (secondary N) is 1. The van der Waals surface area contributed by atoms with Crippen molar-refractivity contribution < 1.29 is 0 Å². The minimum absolute atomic E-state index is 0.698. The predicted molar refractivity (Wildman–Crippen MR) is 89.1 cm³/mol. The van der Waals surface area contributed by atoms with Gasteiger partial charge in [-0.2, -0.15) is 0 Å². The van der Waals surface area contributed by atoms with Crippen molar-refractivity contribution in [1.82, 2.24) is 15.1 Å². The first kappa shape index (κ1) is 13.5. The summed E-state index contributed by atoms with van der Waals surface area (Å²) in [5.41, 5.74) is 3.32. The van der Waals surface area contributed by atoms with E-state index in [4.69, 9.17) is 0 Å². The molecule has 0 bridgehead atoms. The van der Waals surface area contributed by atoms with E-state index in [-0.39, 0.29) is 0 Å². The van der Waals surface area contributed by atoms with Crippen molar-refractivity contribution in [2.45, 2.75) is 49.7 Å². The molecule has 3 heterocycles. The Morgan fingerprint density at radius 2 is 1.68 bits per heavy atom. The van der Waals surface area contributed by atoms with Gasteiger partial charge in [0.05, 0.1) is 0 Å². The lowest BCUT2D eigenvalue weighted by Crippen LogP contribution is -2.68. The third-order valence-electron chi connectivity index (χ3n) is 6.30. The first-order valence-electron chi connectivity index (χ1n) is 9.19. The highest BCUT2D eigenvalue weighted by molar-refractivity contribution is 5.36. The molecule has 1 atom stereocenters. The molecule has 3 nitrogen and oxygen atoms in total. The molecule has 0 radical (unpaired) electrons. The van der Waals surface area contributed by atoms with E-state index >= 15 is 0 Å². The molecule has 3 aliphatic heterocycles. The summed E-state index contributed by atoms with van der Waals surface area (Å²) in [7, 11) is 0. The van der Waals surface area contributed by atoms with E-state index in [0.29, 0.717) is 6.04 Å². The van der Waals surface area contributed by atoms with Gasteiger partial charge in [-0.25, -0.2) is 0 Å². The summed E-state index contributed by atoms with van der Waals surface area (Å²) in [5.74, 6) is 0.873. The van der Waals surface area contributed by atoms with Gasteiger partial charge in [0.1, 0.15) is 0 Å². The Labute approximate surface area is 133 Å². The van der Waals surface area contributed by atoms with Crippen LogP contribution in [0.5, 0.6) is 0 Å². The smallest absolute Gasteiger partial charge is 0.0356 e. The highest BCUT2D eigenvalue weighted by Crippen LogP contribution is 2.46. The highest BCUT2D eigenvalue weighted by atomic mass is 15.4. The van der Waals surface area contributed by atoms with E-state index in [2.05, 4.69) is 39.4 Å². The summed E-state index contributed by atoms with van der Waals surface area (Å²) < 4.78 is 0. The number of rotatable bonds is 4. The minimum atomic E-state index is 0.698. The summed E-state index contributed by atoms with van der Waals surface area (Å²) in [6.07, 6.45) is 5.57. The molecule has 4 aliphatic rings. The van der Waals surface area contributed by atoms with Crippen LogP contribution in [-0.4, -0.2) is 54.6 Å². The van der Waals surface area contributed by atoms with Crippen LogP contribution in [0.4, 0.5) is 0 Å². The van der Waals surface area contributed by atoms with Crippen LogP contribution in [0.2, 0.25) is 0 Å². The van der Waals surface area contributed by atoms with Gasteiger partial charge < -0.3 is 5.32 Å². The molecule has 0 amide bonds. The fourth-order valence-corrected chi connectivity index (χ4v) is 4.67. The Balaban J connectivity index is 1.32. The monoisotopic (exact) mass is 297 g/mol. The van der Waals surface area contributed by atoms with Gasteiger partial charge in [0.15, 0.2) is 0 Å². The molecule has 22 heavy (non-hydrogen) atoms. The predicted octanol–water partition coefficient (Wildman–Crippen LogP) is 2.36. The number of nitrogens with zero attached hydrogens (tertiary/aromatic N) is 2. The lowest BCUT2D eigenvalue weighted by Gasteiger charge is -2.52. The number of benzene rings is 1. The summed E-state index contributed by atoms with van der Waals surface area (Å²) in [6.45, 7) is 6.33. The Hall–Kier alpha value is -0.900. The first-order chi connectivity index (χ1) is 10.9. The van der Waals surface area contributed by atoms with Gasteiger partial charge in [-0.1, -0.05) is 24.3 Å². The van der Waals surface area contributed by atoms with E-state index in [9.17, 15) is 0 Å². The second-order valence-electron chi connectivity index (χ2n) is 7.72. The normalized spacial score (nSPS) is 31.2. The molecule has 0 aromatic heterocycles. The number of likely N-dealkylation sites (tertiary alicyclic amines) is 2. The molecule has 4 fully saturated rings. The molecule has 118 valence electrons. The molecule has 1 aromatic carbocycles. The zero-order chi connectivity index (χ0) is 14.5. The third-order valence-corrected chi connectivity index (χ3v) is 6.30. The minimum Gasteiger partial charge on any atom is -0.314 e. The van der Waals surface area contributed by atoms with E-state index in [1.165, 1.54) is 58.4 Å². The van der Waals surface area contributed by atoms with Crippen LogP contribution in [0.25, 0.3) is 0 Å². The Bertz CT molecular complexity index is 543.